The van der Waals surface area contributed by atoms with Gasteiger partial charge in [0.15, 0.2) is 17.7 Å². The highest BCUT2D eigenvalue weighted by Gasteiger charge is 2.27. The van der Waals surface area contributed by atoms with Gasteiger partial charge < -0.3 is 15.5 Å². The summed E-state index contributed by atoms with van der Waals surface area (Å²) >= 11 is 12.2. The fourth-order valence-electron chi connectivity index (χ4n) is 5.18. The van der Waals surface area contributed by atoms with Gasteiger partial charge in [0.05, 0.1) is 12.5 Å². The Bertz CT molecular complexity index is 1390. The molecule has 0 spiro atoms. The maximum atomic E-state index is 13.8. The quantitative estimate of drug-likeness (QED) is 0.219. The number of carboxylic acid groups (broad SMARTS) is 1. The number of carbonyl (C=O) groups is 4. The molecule has 1 aliphatic carbocycles. The summed E-state index contributed by atoms with van der Waals surface area (Å²) in [7, 11) is 0. The van der Waals surface area contributed by atoms with E-state index in [4.69, 9.17) is 28.3 Å². The molecule has 214 valence electrons. The van der Waals surface area contributed by atoms with Gasteiger partial charge in [0.25, 0.3) is 5.91 Å². The molecule has 7 nitrogen and oxygen atoms in total. The number of rotatable bonds is 11. The van der Waals surface area contributed by atoms with Crippen LogP contribution in [-0.4, -0.2) is 46.3 Å². The molecule has 0 radical (unpaired) electrons. The van der Waals surface area contributed by atoms with Crippen LogP contribution in [0.5, 0.6) is 0 Å². The van der Waals surface area contributed by atoms with E-state index in [1.165, 1.54) is 67.3 Å². The Labute approximate surface area is 248 Å². The number of nitrogens with one attached hydrogen (secondary N) is 1. The fraction of sp³-hybridized carbons (Fsp3) is 0.312. The second-order valence-corrected chi connectivity index (χ2v) is 11.2. The SMILES string of the molecule is O=C(CC(C(=O)c1ccc(C(=O)NCC(O)C(=O)O)cc1)c1ccc(C2CCCCC2)cc1)c1cc(Cl)cc(Cl)c1. The lowest BCUT2D eigenvalue weighted by Crippen LogP contribution is -2.36. The summed E-state index contributed by atoms with van der Waals surface area (Å²) < 4.78 is 0. The minimum atomic E-state index is -1.73. The number of carboxylic acids is 1. The molecule has 0 aliphatic heterocycles. The van der Waals surface area contributed by atoms with Gasteiger partial charge in [-0.2, -0.15) is 0 Å². The molecule has 0 bridgehead atoms. The molecule has 3 N–H and O–H groups in total. The highest BCUT2D eigenvalue weighted by atomic mass is 35.5. The normalized spacial score (nSPS) is 15.1. The molecule has 41 heavy (non-hydrogen) atoms. The first-order valence-electron chi connectivity index (χ1n) is 13.5. The predicted molar refractivity (Wildman–Crippen MR) is 157 cm³/mol. The first-order chi connectivity index (χ1) is 19.6. The van der Waals surface area contributed by atoms with Gasteiger partial charge in [-0.05, 0) is 60.2 Å². The highest BCUT2D eigenvalue weighted by Crippen LogP contribution is 2.34. The number of hydrogen-bond acceptors (Lipinski definition) is 5. The van der Waals surface area contributed by atoms with Crippen LogP contribution in [-0.2, 0) is 4.79 Å². The number of aliphatic hydroxyl groups is 1. The monoisotopic (exact) mass is 595 g/mol. The number of halogens is 2. The molecule has 1 fully saturated rings. The second kappa shape index (κ2) is 13.9. The summed E-state index contributed by atoms with van der Waals surface area (Å²) in [6, 6.07) is 18.4. The lowest BCUT2D eigenvalue weighted by Gasteiger charge is -2.23. The van der Waals surface area contributed by atoms with Crippen molar-refractivity contribution in [1.29, 1.82) is 0 Å². The smallest absolute Gasteiger partial charge is 0.334 e. The van der Waals surface area contributed by atoms with Gasteiger partial charge in [-0.15, -0.1) is 0 Å². The molecule has 0 saturated heterocycles. The summed E-state index contributed by atoms with van der Waals surface area (Å²) in [4.78, 5) is 50.3. The number of benzene rings is 3. The van der Waals surface area contributed by atoms with Crippen LogP contribution in [0.15, 0.2) is 66.7 Å². The standard InChI is InChI=1S/C32H31Cl2NO6/c33-25-14-24(15-26(34)16-25)28(36)17-27(21-8-6-20(7-9-21)19-4-2-1-3-5-19)30(38)22-10-12-23(13-11-22)31(39)35-18-29(37)32(40)41/h6-16,19,27,29,37H,1-5,17-18H2,(H,35,39)(H,40,41). The number of aliphatic hydroxyl groups excluding tert-OH is 1. The summed E-state index contributed by atoms with van der Waals surface area (Å²) in [5.41, 5.74) is 2.76. The third-order valence-electron chi connectivity index (χ3n) is 7.48. The van der Waals surface area contributed by atoms with Crippen LogP contribution in [0.4, 0.5) is 0 Å². The Morgan fingerprint density at radius 2 is 1.39 bits per heavy atom. The second-order valence-electron chi connectivity index (χ2n) is 10.3. The zero-order valence-corrected chi connectivity index (χ0v) is 23.8. The average molecular weight is 597 g/mol. The van der Waals surface area contributed by atoms with Gasteiger partial charge in [-0.1, -0.05) is 78.9 Å². The third kappa shape index (κ3) is 8.03. The van der Waals surface area contributed by atoms with E-state index in [-0.39, 0.29) is 23.6 Å². The van der Waals surface area contributed by atoms with Crippen LogP contribution in [0.2, 0.25) is 10.0 Å². The van der Waals surface area contributed by atoms with Crippen LogP contribution in [0, 0.1) is 0 Å². The summed E-state index contributed by atoms with van der Waals surface area (Å²) in [5, 5.41) is 21.2. The van der Waals surface area contributed by atoms with Crippen molar-refractivity contribution in [2.75, 3.05) is 6.54 Å². The van der Waals surface area contributed by atoms with E-state index in [2.05, 4.69) is 5.32 Å². The molecule has 3 aromatic carbocycles. The number of ketones is 2. The largest absolute Gasteiger partial charge is 0.479 e. The molecule has 2 atom stereocenters. The highest BCUT2D eigenvalue weighted by molar-refractivity contribution is 6.35. The van der Waals surface area contributed by atoms with Crippen molar-refractivity contribution in [3.8, 4) is 0 Å². The van der Waals surface area contributed by atoms with Crippen molar-refractivity contribution < 1.29 is 29.4 Å². The van der Waals surface area contributed by atoms with E-state index in [0.717, 1.165) is 12.8 Å². The number of carbonyl (C=O) groups excluding carboxylic acids is 3. The summed E-state index contributed by atoms with van der Waals surface area (Å²) in [5.74, 6) is -2.89. The van der Waals surface area contributed by atoms with Crippen LogP contribution >= 0.6 is 23.2 Å². The third-order valence-corrected chi connectivity index (χ3v) is 7.92. The van der Waals surface area contributed by atoms with Crippen molar-refractivity contribution in [2.24, 2.45) is 0 Å². The van der Waals surface area contributed by atoms with Gasteiger partial charge >= 0.3 is 5.97 Å². The van der Waals surface area contributed by atoms with E-state index in [9.17, 15) is 24.3 Å². The molecular formula is C32H31Cl2NO6. The Hall–Kier alpha value is -3.52. The lowest BCUT2D eigenvalue weighted by molar-refractivity contribution is -0.146. The molecule has 2 unspecified atom stereocenters. The average Bonchev–Trinajstić information content (AvgIpc) is 2.98. The van der Waals surface area contributed by atoms with Crippen molar-refractivity contribution in [1.82, 2.24) is 5.32 Å². The molecule has 0 aromatic heterocycles. The van der Waals surface area contributed by atoms with E-state index < -0.39 is 30.4 Å². The van der Waals surface area contributed by atoms with Crippen molar-refractivity contribution in [2.45, 2.75) is 56.5 Å². The minimum Gasteiger partial charge on any atom is -0.479 e. The molecule has 3 aromatic rings. The van der Waals surface area contributed by atoms with Crippen molar-refractivity contribution in [3.05, 3.63) is 105 Å². The Kier molecular flexibility index (Phi) is 10.3. The van der Waals surface area contributed by atoms with Crippen molar-refractivity contribution >= 4 is 46.6 Å². The number of hydrogen-bond donors (Lipinski definition) is 3. The van der Waals surface area contributed by atoms with E-state index in [0.29, 0.717) is 32.7 Å². The Balaban J connectivity index is 1.57. The molecule has 1 saturated carbocycles. The van der Waals surface area contributed by atoms with E-state index >= 15 is 0 Å². The maximum Gasteiger partial charge on any atom is 0.334 e. The molecular weight excluding hydrogens is 565 g/mol. The topological polar surface area (TPSA) is 121 Å². The van der Waals surface area contributed by atoms with Crippen molar-refractivity contribution in [3.63, 3.8) is 0 Å². The fourth-order valence-corrected chi connectivity index (χ4v) is 5.71. The van der Waals surface area contributed by atoms with Gasteiger partial charge in [-0.25, -0.2) is 4.79 Å². The van der Waals surface area contributed by atoms with E-state index in [1.54, 1.807) is 0 Å². The molecule has 0 heterocycles. The summed E-state index contributed by atoms with van der Waals surface area (Å²) in [6.07, 6.45) is 4.13. The van der Waals surface area contributed by atoms with Crippen LogP contribution in [0.3, 0.4) is 0 Å². The van der Waals surface area contributed by atoms with Crippen LogP contribution < -0.4 is 5.32 Å². The van der Waals surface area contributed by atoms with Gasteiger partial charge in [0.2, 0.25) is 0 Å². The lowest BCUT2D eigenvalue weighted by atomic mass is 9.81. The van der Waals surface area contributed by atoms with Gasteiger partial charge in [-0.3, -0.25) is 14.4 Å². The van der Waals surface area contributed by atoms with E-state index in [1.807, 2.05) is 24.3 Å². The number of aliphatic carboxylic acids is 1. The first kappa shape index (κ1) is 30.4. The Morgan fingerprint density at radius 3 is 1.98 bits per heavy atom. The van der Waals surface area contributed by atoms with Crippen LogP contribution in [0.1, 0.15) is 92.6 Å². The summed E-state index contributed by atoms with van der Waals surface area (Å²) in [6.45, 7) is -0.455. The zero-order valence-electron chi connectivity index (χ0n) is 22.3. The van der Waals surface area contributed by atoms with Gasteiger partial charge in [0, 0.05) is 33.2 Å². The van der Waals surface area contributed by atoms with Gasteiger partial charge in [0.1, 0.15) is 0 Å². The molecule has 9 heteroatoms. The zero-order chi connectivity index (χ0) is 29.5. The minimum absolute atomic E-state index is 0.104. The first-order valence-corrected chi connectivity index (χ1v) is 14.3. The number of Topliss-reactive ketones (excluding diaryl/α,β-unsaturated/α-hetero) is 2. The Morgan fingerprint density at radius 1 is 0.805 bits per heavy atom. The molecule has 4 rings (SSSR count). The molecule has 1 amide bonds. The molecule has 1 aliphatic rings. The predicted octanol–water partition coefficient (Wildman–Crippen LogP) is 6.46. The van der Waals surface area contributed by atoms with Crippen LogP contribution in [0.25, 0.3) is 0 Å². The maximum absolute atomic E-state index is 13.8. The number of amides is 1.